The molecule has 0 radical (unpaired) electrons. The van der Waals surface area contributed by atoms with E-state index >= 15 is 0 Å². The Kier molecular flexibility index (Phi) is 5.95. The van der Waals surface area contributed by atoms with Gasteiger partial charge in [-0.3, -0.25) is 0 Å². The van der Waals surface area contributed by atoms with Crippen LogP contribution in [0.15, 0.2) is 12.2 Å². The maximum atomic E-state index is 5.33. The molecule has 0 fully saturated rings. The van der Waals surface area contributed by atoms with E-state index in [2.05, 4.69) is 6.58 Å². The predicted molar refractivity (Wildman–Crippen MR) is 38.8 cm³/mol. The standard InChI is InChI=1S/C7H16NO.ClH/c1-7(2)6-9-8(3,4)5;/h1,6H2,2-5H3;1H/q+1;/p-1. The molecule has 0 unspecified atom stereocenters. The molecule has 62 valence electrons. The number of hydroxylamine groups is 3. The number of hydrogen-bond acceptors (Lipinski definition) is 1. The van der Waals surface area contributed by atoms with Crippen molar-refractivity contribution in [3.63, 3.8) is 0 Å². The van der Waals surface area contributed by atoms with Gasteiger partial charge in [0.2, 0.25) is 0 Å². The Morgan fingerprint density at radius 1 is 1.40 bits per heavy atom. The second kappa shape index (κ2) is 4.72. The zero-order valence-electron chi connectivity index (χ0n) is 7.15. The number of hydrogen-bond donors (Lipinski definition) is 0. The lowest BCUT2D eigenvalue weighted by Gasteiger charge is -2.20. The van der Waals surface area contributed by atoms with Crippen LogP contribution in [0, 0.1) is 0 Å². The monoisotopic (exact) mass is 165 g/mol. The summed E-state index contributed by atoms with van der Waals surface area (Å²) in [5.74, 6) is 0. The number of nitrogens with zero attached hydrogens (tertiary/aromatic N) is 1. The Balaban J connectivity index is 0. The molecule has 2 nitrogen and oxygen atoms in total. The van der Waals surface area contributed by atoms with E-state index in [-0.39, 0.29) is 12.4 Å². The van der Waals surface area contributed by atoms with Gasteiger partial charge in [0.1, 0.15) is 6.61 Å². The molecular formula is C7H16ClNO. The number of halogens is 1. The minimum Gasteiger partial charge on any atom is -1.00 e. The van der Waals surface area contributed by atoms with Crippen LogP contribution >= 0.6 is 0 Å². The summed E-state index contributed by atoms with van der Waals surface area (Å²) in [5.41, 5.74) is 1.06. The van der Waals surface area contributed by atoms with E-state index in [0.29, 0.717) is 11.3 Å². The highest BCUT2D eigenvalue weighted by Crippen LogP contribution is 1.95. The Labute approximate surface area is 69.4 Å². The van der Waals surface area contributed by atoms with Gasteiger partial charge in [0.05, 0.1) is 21.1 Å². The molecule has 0 aliphatic heterocycles. The van der Waals surface area contributed by atoms with Gasteiger partial charge in [-0.2, -0.15) is 9.48 Å². The van der Waals surface area contributed by atoms with Crippen LogP contribution in [-0.4, -0.2) is 32.4 Å². The lowest BCUT2D eigenvalue weighted by molar-refractivity contribution is -1.06. The summed E-state index contributed by atoms with van der Waals surface area (Å²) in [7, 11) is 5.93. The zero-order valence-corrected chi connectivity index (χ0v) is 7.90. The van der Waals surface area contributed by atoms with Crippen molar-refractivity contribution in [1.82, 2.24) is 0 Å². The van der Waals surface area contributed by atoms with Crippen LogP contribution in [0.4, 0.5) is 0 Å². The molecule has 0 heterocycles. The molecule has 0 aromatic heterocycles. The highest BCUT2D eigenvalue weighted by Gasteiger charge is 2.06. The summed E-state index contributed by atoms with van der Waals surface area (Å²) in [6, 6.07) is 0. The molecule has 0 aromatic rings. The summed E-state index contributed by atoms with van der Waals surface area (Å²) in [5, 5.41) is 0. The maximum absolute atomic E-state index is 5.33. The van der Waals surface area contributed by atoms with E-state index in [1.165, 1.54) is 0 Å². The molecule has 0 saturated carbocycles. The van der Waals surface area contributed by atoms with Crippen molar-refractivity contribution in [2.45, 2.75) is 6.92 Å². The summed E-state index contributed by atoms with van der Waals surface area (Å²) in [6.45, 7) is 6.32. The van der Waals surface area contributed by atoms with E-state index in [4.69, 9.17) is 4.84 Å². The van der Waals surface area contributed by atoms with Crippen molar-refractivity contribution in [3.05, 3.63) is 12.2 Å². The zero-order chi connectivity index (χ0) is 7.49. The largest absolute Gasteiger partial charge is 1.00 e. The van der Waals surface area contributed by atoms with Gasteiger partial charge < -0.3 is 12.4 Å². The summed E-state index contributed by atoms with van der Waals surface area (Å²) >= 11 is 0. The molecule has 0 aliphatic carbocycles. The van der Waals surface area contributed by atoms with E-state index in [1.807, 2.05) is 28.1 Å². The predicted octanol–water partition coefficient (Wildman–Crippen LogP) is -1.80. The van der Waals surface area contributed by atoms with Gasteiger partial charge in [-0.25, -0.2) is 0 Å². The van der Waals surface area contributed by atoms with Gasteiger partial charge >= 0.3 is 0 Å². The Bertz CT molecular complexity index is 107. The van der Waals surface area contributed by atoms with Crippen molar-refractivity contribution in [3.8, 4) is 0 Å². The molecule has 0 saturated heterocycles. The van der Waals surface area contributed by atoms with Crippen LogP contribution in [0.5, 0.6) is 0 Å². The third-order valence-corrected chi connectivity index (χ3v) is 0.698. The quantitative estimate of drug-likeness (QED) is 0.273. The molecule has 0 bridgehead atoms. The second-order valence-electron chi connectivity index (χ2n) is 3.12. The summed E-state index contributed by atoms with van der Waals surface area (Å²) in [4.78, 5) is 5.33. The molecule has 0 aromatic carbocycles. The minimum atomic E-state index is 0. The Hall–Kier alpha value is -0.0500. The molecule has 3 heteroatoms. The van der Waals surface area contributed by atoms with Gasteiger partial charge in [0.15, 0.2) is 0 Å². The molecule has 0 spiro atoms. The smallest absolute Gasteiger partial charge is 0.127 e. The maximum Gasteiger partial charge on any atom is 0.127 e. The van der Waals surface area contributed by atoms with Gasteiger partial charge in [-0.15, -0.1) is 0 Å². The van der Waals surface area contributed by atoms with Gasteiger partial charge in [0, 0.05) is 0 Å². The first-order valence-corrected chi connectivity index (χ1v) is 3.02. The SMILES string of the molecule is C=C(C)CO[N+](C)(C)C.[Cl-]. The highest BCUT2D eigenvalue weighted by atomic mass is 35.5. The fourth-order valence-electron chi connectivity index (χ4n) is 0.304. The van der Waals surface area contributed by atoms with Crippen molar-refractivity contribution in [1.29, 1.82) is 0 Å². The van der Waals surface area contributed by atoms with E-state index < -0.39 is 0 Å². The molecule has 0 amide bonds. The number of rotatable bonds is 3. The molecule has 0 atom stereocenters. The first-order valence-electron chi connectivity index (χ1n) is 3.02. The fraction of sp³-hybridized carbons (Fsp3) is 0.714. The van der Waals surface area contributed by atoms with Gasteiger partial charge in [-0.05, 0) is 12.5 Å². The van der Waals surface area contributed by atoms with E-state index in [0.717, 1.165) is 5.57 Å². The lowest BCUT2D eigenvalue weighted by atomic mass is 10.4. The van der Waals surface area contributed by atoms with Crippen LogP contribution in [0.2, 0.25) is 0 Å². The van der Waals surface area contributed by atoms with Crippen molar-refractivity contribution in [2.75, 3.05) is 27.7 Å². The van der Waals surface area contributed by atoms with E-state index in [1.54, 1.807) is 0 Å². The average molecular weight is 166 g/mol. The number of quaternary nitrogens is 1. The first-order chi connectivity index (χ1) is 3.92. The summed E-state index contributed by atoms with van der Waals surface area (Å²) in [6.07, 6.45) is 0. The highest BCUT2D eigenvalue weighted by molar-refractivity contribution is 4.86. The van der Waals surface area contributed by atoms with Crippen LogP contribution in [0.3, 0.4) is 0 Å². The van der Waals surface area contributed by atoms with Crippen molar-refractivity contribution in [2.24, 2.45) is 0 Å². The van der Waals surface area contributed by atoms with Crippen LogP contribution < -0.4 is 12.4 Å². The minimum absolute atomic E-state index is 0. The lowest BCUT2D eigenvalue weighted by Crippen LogP contribution is -3.00. The Morgan fingerprint density at radius 3 is 1.90 bits per heavy atom. The third-order valence-electron chi connectivity index (χ3n) is 0.698. The van der Waals surface area contributed by atoms with Crippen LogP contribution in [0.25, 0.3) is 0 Å². The van der Waals surface area contributed by atoms with Crippen LogP contribution in [0.1, 0.15) is 6.92 Å². The molecule has 0 N–H and O–H groups in total. The van der Waals surface area contributed by atoms with Gasteiger partial charge in [-0.1, -0.05) is 6.58 Å². The molecule has 10 heavy (non-hydrogen) atoms. The second-order valence-corrected chi connectivity index (χ2v) is 3.12. The normalized spacial score (nSPS) is 10.4. The van der Waals surface area contributed by atoms with Gasteiger partial charge in [0.25, 0.3) is 0 Å². The van der Waals surface area contributed by atoms with Crippen molar-refractivity contribution >= 4 is 0 Å². The first kappa shape index (κ1) is 12.6. The molecular weight excluding hydrogens is 150 g/mol. The Morgan fingerprint density at radius 2 is 1.80 bits per heavy atom. The topological polar surface area (TPSA) is 9.23 Å². The van der Waals surface area contributed by atoms with Crippen molar-refractivity contribution < 1.29 is 21.9 Å². The van der Waals surface area contributed by atoms with E-state index in [9.17, 15) is 0 Å². The van der Waals surface area contributed by atoms with Crippen LogP contribution in [-0.2, 0) is 4.84 Å². The summed E-state index contributed by atoms with van der Waals surface area (Å²) < 4.78 is 0.535. The molecule has 0 aliphatic rings. The average Bonchev–Trinajstić information content (AvgIpc) is 1.59. The third kappa shape index (κ3) is 10.8. The molecule has 0 rings (SSSR count). The fourth-order valence-corrected chi connectivity index (χ4v) is 0.304.